The first-order valence-electron chi connectivity index (χ1n) is 8.17. The Labute approximate surface area is 160 Å². The number of nitrogens with two attached hydrogens (primary N) is 1. The van der Waals surface area contributed by atoms with E-state index in [-0.39, 0.29) is 5.91 Å². The molecule has 0 fully saturated rings. The molecule has 0 saturated heterocycles. The molecule has 1 atom stereocenters. The van der Waals surface area contributed by atoms with E-state index in [0.29, 0.717) is 16.4 Å². The smallest absolute Gasteiger partial charge is 0.248 e. The average molecular weight is 382 g/mol. The highest BCUT2D eigenvalue weighted by Gasteiger charge is 2.19. The van der Waals surface area contributed by atoms with Crippen LogP contribution >= 0.6 is 11.8 Å². The summed E-state index contributed by atoms with van der Waals surface area (Å²) in [5.41, 5.74) is 8.13. The Hall–Kier alpha value is -3.20. The number of primary amides is 1. The van der Waals surface area contributed by atoms with Crippen LogP contribution in [0.3, 0.4) is 0 Å². The molecule has 3 N–H and O–H groups in total. The average Bonchev–Trinajstić information content (AvgIpc) is 3.10. The molecule has 0 saturated carbocycles. The van der Waals surface area contributed by atoms with Gasteiger partial charge in [-0.05, 0) is 60.7 Å². The maximum atomic E-state index is 12.4. The summed E-state index contributed by atoms with van der Waals surface area (Å²) in [7, 11) is 0. The Morgan fingerprint density at radius 1 is 1.11 bits per heavy atom. The maximum absolute atomic E-state index is 12.4. The van der Waals surface area contributed by atoms with Crippen LogP contribution < -0.4 is 11.1 Å². The number of carbonyl (C=O) groups is 2. The standard InChI is InChI=1S/C18H18N6O2S/c1-11-3-9-15(10-4-11)24-18(21-22-23-24)27-12(2)17(26)20-14-7-5-13(6-8-14)16(19)25/h3-10,12H,1-2H3,(H2,19,25)(H,20,26)/t12-/m0/s1. The first-order chi connectivity index (χ1) is 12.9. The molecule has 8 nitrogen and oxygen atoms in total. The zero-order chi connectivity index (χ0) is 19.4. The van der Waals surface area contributed by atoms with E-state index in [4.69, 9.17) is 5.73 Å². The molecule has 3 rings (SSSR count). The van der Waals surface area contributed by atoms with Gasteiger partial charge in [-0.15, -0.1) is 5.10 Å². The van der Waals surface area contributed by atoms with Gasteiger partial charge in [0.1, 0.15) is 0 Å². The Kier molecular flexibility index (Phi) is 5.51. The number of amides is 2. The highest BCUT2D eigenvalue weighted by atomic mass is 32.2. The third-order valence-corrected chi connectivity index (χ3v) is 4.84. The Bertz CT molecular complexity index is 953. The summed E-state index contributed by atoms with van der Waals surface area (Å²) in [5, 5.41) is 14.6. The highest BCUT2D eigenvalue weighted by Crippen LogP contribution is 2.24. The van der Waals surface area contributed by atoms with Crippen LogP contribution in [0.1, 0.15) is 22.8 Å². The second-order valence-corrected chi connectivity index (χ2v) is 7.21. The lowest BCUT2D eigenvalue weighted by atomic mass is 10.2. The SMILES string of the molecule is Cc1ccc(-n2nnnc2S[C@@H](C)C(=O)Nc2ccc(C(N)=O)cc2)cc1. The van der Waals surface area contributed by atoms with Gasteiger partial charge in [-0.25, -0.2) is 0 Å². The van der Waals surface area contributed by atoms with Gasteiger partial charge in [-0.1, -0.05) is 29.5 Å². The molecule has 138 valence electrons. The van der Waals surface area contributed by atoms with Crippen molar-refractivity contribution in [2.24, 2.45) is 5.73 Å². The van der Waals surface area contributed by atoms with Crippen molar-refractivity contribution in [2.75, 3.05) is 5.32 Å². The first kappa shape index (κ1) is 18.6. The molecule has 0 aliphatic rings. The fraction of sp³-hybridized carbons (Fsp3) is 0.167. The third kappa shape index (κ3) is 4.50. The van der Waals surface area contributed by atoms with Gasteiger partial charge in [0.25, 0.3) is 0 Å². The molecule has 9 heteroatoms. The van der Waals surface area contributed by atoms with Crippen molar-refractivity contribution < 1.29 is 9.59 Å². The summed E-state index contributed by atoms with van der Waals surface area (Å²) >= 11 is 1.25. The van der Waals surface area contributed by atoms with Crippen molar-refractivity contribution in [3.8, 4) is 5.69 Å². The third-order valence-electron chi connectivity index (χ3n) is 3.81. The van der Waals surface area contributed by atoms with Crippen molar-refractivity contribution in [1.82, 2.24) is 20.2 Å². The number of carbonyl (C=O) groups excluding carboxylic acids is 2. The molecule has 27 heavy (non-hydrogen) atoms. The monoisotopic (exact) mass is 382 g/mol. The van der Waals surface area contributed by atoms with Gasteiger partial charge in [0, 0.05) is 11.3 Å². The summed E-state index contributed by atoms with van der Waals surface area (Å²) < 4.78 is 1.59. The summed E-state index contributed by atoms with van der Waals surface area (Å²) in [6, 6.07) is 14.2. The predicted octanol–water partition coefficient (Wildman–Crippen LogP) is 2.19. The molecule has 0 radical (unpaired) electrons. The number of nitrogens with zero attached hydrogens (tertiary/aromatic N) is 4. The second kappa shape index (κ2) is 8.00. The number of benzene rings is 2. The summed E-state index contributed by atoms with van der Waals surface area (Å²) in [6.07, 6.45) is 0. The number of nitrogens with one attached hydrogen (secondary N) is 1. The van der Waals surface area contributed by atoms with Crippen molar-refractivity contribution >= 4 is 29.3 Å². The molecule has 0 unspecified atom stereocenters. The molecule has 0 bridgehead atoms. The normalized spacial score (nSPS) is 11.8. The van der Waals surface area contributed by atoms with Crippen LogP contribution in [-0.2, 0) is 4.79 Å². The fourth-order valence-corrected chi connectivity index (χ4v) is 3.08. The molecule has 2 amide bonds. The van der Waals surface area contributed by atoms with Crippen LogP contribution in [0, 0.1) is 6.92 Å². The Morgan fingerprint density at radius 3 is 2.41 bits per heavy atom. The number of aromatic nitrogens is 4. The van der Waals surface area contributed by atoms with Crippen LogP contribution in [0.5, 0.6) is 0 Å². The van der Waals surface area contributed by atoms with E-state index < -0.39 is 11.2 Å². The van der Waals surface area contributed by atoms with Gasteiger partial charge in [-0.2, -0.15) is 4.68 Å². The van der Waals surface area contributed by atoms with E-state index in [9.17, 15) is 9.59 Å². The van der Waals surface area contributed by atoms with Gasteiger partial charge in [0.05, 0.1) is 10.9 Å². The highest BCUT2D eigenvalue weighted by molar-refractivity contribution is 8.00. The summed E-state index contributed by atoms with van der Waals surface area (Å²) in [5.74, 6) is -0.718. The lowest BCUT2D eigenvalue weighted by molar-refractivity contribution is -0.115. The minimum absolute atomic E-state index is 0.203. The molecule has 0 aliphatic heterocycles. The summed E-state index contributed by atoms with van der Waals surface area (Å²) in [4.78, 5) is 23.5. The van der Waals surface area contributed by atoms with Crippen LogP contribution in [0.2, 0.25) is 0 Å². The topological polar surface area (TPSA) is 116 Å². The second-order valence-electron chi connectivity index (χ2n) is 5.90. The molecule has 1 heterocycles. The first-order valence-corrected chi connectivity index (χ1v) is 9.05. The van der Waals surface area contributed by atoms with E-state index in [0.717, 1.165) is 11.3 Å². The molecule has 2 aromatic carbocycles. The van der Waals surface area contributed by atoms with E-state index in [2.05, 4.69) is 20.8 Å². The fourth-order valence-electron chi connectivity index (χ4n) is 2.27. The van der Waals surface area contributed by atoms with E-state index in [1.165, 1.54) is 11.8 Å². The zero-order valence-corrected chi connectivity index (χ0v) is 15.6. The lowest BCUT2D eigenvalue weighted by Gasteiger charge is -2.12. The van der Waals surface area contributed by atoms with Crippen molar-refractivity contribution in [3.63, 3.8) is 0 Å². The largest absolute Gasteiger partial charge is 0.366 e. The number of aryl methyl sites for hydroxylation is 1. The van der Waals surface area contributed by atoms with Crippen LogP contribution in [0.25, 0.3) is 5.69 Å². The lowest BCUT2D eigenvalue weighted by Crippen LogP contribution is -2.23. The van der Waals surface area contributed by atoms with Crippen LogP contribution in [-0.4, -0.2) is 37.3 Å². The van der Waals surface area contributed by atoms with Gasteiger partial charge < -0.3 is 11.1 Å². The minimum atomic E-state index is -0.514. The van der Waals surface area contributed by atoms with Crippen LogP contribution in [0.15, 0.2) is 53.7 Å². The van der Waals surface area contributed by atoms with E-state index in [1.54, 1.807) is 35.9 Å². The molecular formula is C18H18N6O2S. The summed E-state index contributed by atoms with van der Waals surface area (Å²) in [6.45, 7) is 3.77. The zero-order valence-electron chi connectivity index (χ0n) is 14.8. The van der Waals surface area contributed by atoms with Crippen LogP contribution in [0.4, 0.5) is 5.69 Å². The number of anilines is 1. The molecule has 0 spiro atoms. The molecule has 0 aliphatic carbocycles. The van der Waals surface area contributed by atoms with Gasteiger partial charge in [-0.3, -0.25) is 9.59 Å². The quantitative estimate of drug-likeness (QED) is 0.631. The number of rotatable bonds is 6. The van der Waals surface area contributed by atoms with Crippen molar-refractivity contribution in [1.29, 1.82) is 0 Å². The van der Waals surface area contributed by atoms with Gasteiger partial charge in [0.15, 0.2) is 0 Å². The van der Waals surface area contributed by atoms with Crippen molar-refractivity contribution in [3.05, 3.63) is 59.7 Å². The van der Waals surface area contributed by atoms with Gasteiger partial charge in [0.2, 0.25) is 17.0 Å². The maximum Gasteiger partial charge on any atom is 0.248 e. The Morgan fingerprint density at radius 2 is 1.78 bits per heavy atom. The van der Waals surface area contributed by atoms with Gasteiger partial charge >= 0.3 is 0 Å². The predicted molar refractivity (Wildman–Crippen MR) is 103 cm³/mol. The Balaban J connectivity index is 1.67. The van der Waals surface area contributed by atoms with E-state index in [1.807, 2.05) is 31.2 Å². The number of thioether (sulfide) groups is 1. The number of hydrogen-bond acceptors (Lipinski definition) is 6. The molecule has 3 aromatic rings. The van der Waals surface area contributed by atoms with E-state index >= 15 is 0 Å². The minimum Gasteiger partial charge on any atom is -0.366 e. The number of tetrazole rings is 1. The molecule has 1 aromatic heterocycles. The number of hydrogen-bond donors (Lipinski definition) is 2. The van der Waals surface area contributed by atoms with Crippen molar-refractivity contribution in [2.45, 2.75) is 24.3 Å². The molecular weight excluding hydrogens is 364 g/mol.